The largest absolute Gasteiger partial charge is 0.472 e. The molecule has 0 aromatic carbocycles. The number of rotatable bonds is 40. The normalized spacial score (nSPS) is 14.1. The zero-order valence-corrected chi connectivity index (χ0v) is 34.6. The van der Waals surface area contributed by atoms with Gasteiger partial charge in [0, 0.05) is 12.8 Å². The lowest BCUT2D eigenvalue weighted by Gasteiger charge is -2.20. The molecule has 0 radical (unpaired) electrons. The lowest BCUT2D eigenvalue weighted by atomic mass is 10.0. The Morgan fingerprint density at radius 2 is 1.00 bits per heavy atom. The topological polar surface area (TPSA) is 149 Å². The van der Waals surface area contributed by atoms with E-state index in [1.165, 1.54) is 89.9 Å². The van der Waals surface area contributed by atoms with Crippen LogP contribution in [-0.4, -0.2) is 65.7 Å². The molecule has 0 aliphatic carbocycles. The van der Waals surface area contributed by atoms with Gasteiger partial charge in [-0.25, -0.2) is 4.57 Å². The third kappa shape index (κ3) is 38.5. The number of carbonyl (C=O) groups is 2. The SMILES string of the molecule is CCCC/C=C\C/C=C\CCCCCCCC(=O)OC(COC(=O)CCCCCCCCCCCCCCCCCC)COP(=O)(O)OCC(O)CO. The van der Waals surface area contributed by atoms with Gasteiger partial charge in [-0.05, 0) is 38.5 Å². The van der Waals surface area contributed by atoms with E-state index in [0.717, 1.165) is 64.2 Å². The summed E-state index contributed by atoms with van der Waals surface area (Å²) < 4.78 is 32.7. The number of ether oxygens (including phenoxy) is 2. The number of aliphatic hydroxyl groups is 2. The second-order valence-electron chi connectivity index (χ2n) is 14.4. The lowest BCUT2D eigenvalue weighted by Crippen LogP contribution is -2.29. The Labute approximate surface area is 323 Å². The summed E-state index contributed by atoms with van der Waals surface area (Å²) in [6, 6.07) is 0. The number of phosphoric acid groups is 1. The summed E-state index contributed by atoms with van der Waals surface area (Å²) in [7, 11) is -4.62. The van der Waals surface area contributed by atoms with Crippen molar-refractivity contribution >= 4 is 19.8 Å². The van der Waals surface area contributed by atoms with E-state index in [1.807, 2.05) is 0 Å². The molecule has 0 amide bonds. The van der Waals surface area contributed by atoms with Crippen LogP contribution in [0, 0.1) is 0 Å². The number of allylic oxidation sites excluding steroid dienone is 4. The van der Waals surface area contributed by atoms with E-state index in [2.05, 4.69) is 42.7 Å². The van der Waals surface area contributed by atoms with Gasteiger partial charge in [-0.15, -0.1) is 0 Å². The first kappa shape index (κ1) is 51.5. The number of hydrogen-bond acceptors (Lipinski definition) is 9. The number of unbranched alkanes of at least 4 members (excludes halogenated alkanes) is 22. The summed E-state index contributed by atoms with van der Waals surface area (Å²) in [6.45, 7) is 2.34. The molecule has 11 heteroatoms. The average molecular weight is 775 g/mol. The maximum absolute atomic E-state index is 12.6. The Kier molecular flexibility index (Phi) is 37.6. The zero-order chi connectivity index (χ0) is 39.1. The van der Waals surface area contributed by atoms with Crippen LogP contribution in [-0.2, 0) is 32.7 Å². The van der Waals surface area contributed by atoms with Crippen LogP contribution in [0.3, 0.4) is 0 Å². The van der Waals surface area contributed by atoms with E-state index in [-0.39, 0.29) is 19.4 Å². The fourth-order valence-electron chi connectivity index (χ4n) is 5.77. The van der Waals surface area contributed by atoms with E-state index in [9.17, 15) is 24.2 Å². The van der Waals surface area contributed by atoms with E-state index in [1.54, 1.807) is 0 Å². The van der Waals surface area contributed by atoms with Gasteiger partial charge in [0.2, 0.25) is 0 Å². The second kappa shape index (κ2) is 38.7. The molecule has 3 unspecified atom stereocenters. The van der Waals surface area contributed by atoms with Crippen molar-refractivity contribution in [2.24, 2.45) is 0 Å². The maximum atomic E-state index is 12.6. The van der Waals surface area contributed by atoms with Gasteiger partial charge in [-0.1, -0.05) is 167 Å². The van der Waals surface area contributed by atoms with Crippen LogP contribution >= 0.6 is 7.82 Å². The Hall–Kier alpha value is -1.55. The molecule has 0 spiro atoms. The minimum Gasteiger partial charge on any atom is -0.462 e. The maximum Gasteiger partial charge on any atom is 0.472 e. The molecule has 0 saturated carbocycles. The van der Waals surface area contributed by atoms with Gasteiger partial charge < -0.3 is 24.6 Å². The predicted molar refractivity (Wildman–Crippen MR) is 215 cm³/mol. The van der Waals surface area contributed by atoms with Crippen molar-refractivity contribution in [3.05, 3.63) is 24.3 Å². The predicted octanol–water partition coefficient (Wildman–Crippen LogP) is 11.0. The summed E-state index contributed by atoms with van der Waals surface area (Å²) >= 11 is 0. The lowest BCUT2D eigenvalue weighted by molar-refractivity contribution is -0.161. The van der Waals surface area contributed by atoms with Crippen LogP contribution in [0.2, 0.25) is 0 Å². The fraction of sp³-hybridized carbons (Fsp3) is 0.857. The van der Waals surface area contributed by atoms with E-state index < -0.39 is 51.8 Å². The van der Waals surface area contributed by atoms with Crippen LogP contribution in [0.1, 0.15) is 194 Å². The fourth-order valence-corrected chi connectivity index (χ4v) is 6.56. The zero-order valence-electron chi connectivity index (χ0n) is 33.7. The summed E-state index contributed by atoms with van der Waals surface area (Å²) in [5.41, 5.74) is 0. The Balaban J connectivity index is 4.30. The van der Waals surface area contributed by atoms with Crippen LogP contribution < -0.4 is 0 Å². The van der Waals surface area contributed by atoms with Gasteiger partial charge in [-0.3, -0.25) is 18.6 Å². The smallest absolute Gasteiger partial charge is 0.462 e. The first-order valence-corrected chi connectivity index (χ1v) is 22.8. The molecule has 3 N–H and O–H groups in total. The van der Waals surface area contributed by atoms with Gasteiger partial charge in [0.1, 0.15) is 12.7 Å². The molecule has 53 heavy (non-hydrogen) atoms. The number of carbonyl (C=O) groups excluding carboxylic acids is 2. The highest BCUT2D eigenvalue weighted by Crippen LogP contribution is 2.43. The molecule has 3 atom stereocenters. The molecule has 0 saturated heterocycles. The highest BCUT2D eigenvalue weighted by atomic mass is 31.2. The molecule has 0 bridgehead atoms. The van der Waals surface area contributed by atoms with E-state index in [4.69, 9.17) is 19.1 Å². The number of hydrogen-bond donors (Lipinski definition) is 3. The third-order valence-corrected chi connectivity index (χ3v) is 10.1. The molecule has 10 nitrogen and oxygen atoms in total. The molecule has 0 fully saturated rings. The Bertz CT molecular complexity index is 941. The van der Waals surface area contributed by atoms with Gasteiger partial charge in [0.25, 0.3) is 0 Å². The summed E-state index contributed by atoms with van der Waals surface area (Å²) in [6.07, 6.45) is 37.1. The molecule has 0 aromatic heterocycles. The van der Waals surface area contributed by atoms with Crippen LogP contribution in [0.25, 0.3) is 0 Å². The van der Waals surface area contributed by atoms with Crippen LogP contribution in [0.15, 0.2) is 24.3 Å². The number of phosphoric ester groups is 1. The highest BCUT2D eigenvalue weighted by Gasteiger charge is 2.27. The van der Waals surface area contributed by atoms with Crippen molar-refractivity contribution in [1.82, 2.24) is 0 Å². The van der Waals surface area contributed by atoms with Crippen molar-refractivity contribution in [1.29, 1.82) is 0 Å². The van der Waals surface area contributed by atoms with Crippen molar-refractivity contribution in [3.8, 4) is 0 Å². The van der Waals surface area contributed by atoms with Gasteiger partial charge in [-0.2, -0.15) is 0 Å². The minimum absolute atomic E-state index is 0.171. The van der Waals surface area contributed by atoms with Crippen LogP contribution in [0.4, 0.5) is 0 Å². The van der Waals surface area contributed by atoms with Crippen molar-refractivity contribution in [2.45, 2.75) is 206 Å². The van der Waals surface area contributed by atoms with E-state index >= 15 is 0 Å². The summed E-state index contributed by atoms with van der Waals surface area (Å²) in [5.74, 6) is -0.934. The second-order valence-corrected chi connectivity index (χ2v) is 15.8. The highest BCUT2D eigenvalue weighted by molar-refractivity contribution is 7.47. The first-order valence-electron chi connectivity index (χ1n) is 21.3. The third-order valence-electron chi connectivity index (χ3n) is 9.11. The van der Waals surface area contributed by atoms with Crippen molar-refractivity contribution < 1.29 is 47.8 Å². The van der Waals surface area contributed by atoms with Gasteiger partial charge in [0.05, 0.1) is 19.8 Å². The quantitative estimate of drug-likeness (QED) is 0.0238. The number of esters is 2. The molecule has 0 heterocycles. The summed E-state index contributed by atoms with van der Waals surface area (Å²) in [5, 5.41) is 18.3. The number of aliphatic hydroxyl groups excluding tert-OH is 2. The summed E-state index contributed by atoms with van der Waals surface area (Å²) in [4.78, 5) is 34.9. The standard InChI is InChI=1S/C42H79O10P/c1-3-5-7-9-11-13-15-17-19-20-22-23-25-27-29-31-33-41(45)49-37-40(38-51-53(47,48)50-36-39(44)35-43)52-42(46)34-32-30-28-26-24-21-18-16-14-12-10-8-6-4-2/h10,12,16,18,39-40,43-44H,3-9,11,13-15,17,19-38H2,1-2H3,(H,47,48)/b12-10-,18-16-. The van der Waals surface area contributed by atoms with Crippen molar-refractivity contribution in [2.75, 3.05) is 26.4 Å². The Morgan fingerprint density at radius 3 is 1.51 bits per heavy atom. The minimum atomic E-state index is -4.62. The first-order chi connectivity index (χ1) is 25.7. The van der Waals surface area contributed by atoms with E-state index in [0.29, 0.717) is 12.8 Å². The molecule has 0 aliphatic heterocycles. The van der Waals surface area contributed by atoms with Crippen LogP contribution in [0.5, 0.6) is 0 Å². The Morgan fingerprint density at radius 1 is 0.566 bits per heavy atom. The molecule has 0 rings (SSSR count). The van der Waals surface area contributed by atoms with Gasteiger partial charge >= 0.3 is 19.8 Å². The average Bonchev–Trinajstić information content (AvgIpc) is 3.14. The van der Waals surface area contributed by atoms with Crippen molar-refractivity contribution in [3.63, 3.8) is 0 Å². The molecule has 0 aliphatic rings. The molecular weight excluding hydrogens is 695 g/mol. The van der Waals surface area contributed by atoms with Gasteiger partial charge in [0.15, 0.2) is 6.10 Å². The molecule has 312 valence electrons. The molecular formula is C42H79O10P. The molecule has 0 aromatic rings. The monoisotopic (exact) mass is 775 g/mol.